The summed E-state index contributed by atoms with van der Waals surface area (Å²) in [7, 11) is 0. The number of azide groups is 1. The molecule has 0 fully saturated rings. The lowest BCUT2D eigenvalue weighted by Crippen LogP contribution is -2.27. The smallest absolute Gasteiger partial charge is 0.421 e. The minimum absolute atomic E-state index is 0.00435. The highest BCUT2D eigenvalue weighted by Gasteiger charge is 2.20. The van der Waals surface area contributed by atoms with Gasteiger partial charge in [0.25, 0.3) is 0 Å². The zero-order chi connectivity index (χ0) is 38.8. The fourth-order valence-corrected chi connectivity index (χ4v) is 4.47. The van der Waals surface area contributed by atoms with Crippen LogP contribution in [0, 0.1) is 23.2 Å². The number of aryl methyl sites for hydroxylation is 3. The Hall–Kier alpha value is -5.16. The number of ketones is 2. The maximum absolute atomic E-state index is 11.9. The van der Waals surface area contributed by atoms with E-state index in [-0.39, 0.29) is 34.9 Å². The Kier molecular flexibility index (Phi) is 17.6. The summed E-state index contributed by atoms with van der Waals surface area (Å²) >= 11 is 0. The largest absolute Gasteiger partial charge is 0.443 e. The molecule has 0 aromatic carbocycles. The number of hydrogen-bond acceptors (Lipinski definition) is 11. The number of rotatable bonds is 13. The molecule has 3 aromatic rings. The first-order valence-corrected chi connectivity index (χ1v) is 16.8. The minimum Gasteiger partial charge on any atom is -0.443 e. The summed E-state index contributed by atoms with van der Waals surface area (Å²) in [6, 6.07) is 0. The molecule has 0 aliphatic heterocycles. The lowest BCUT2D eigenvalue weighted by atomic mass is 9.90. The van der Waals surface area contributed by atoms with Gasteiger partial charge < -0.3 is 21.2 Å². The van der Waals surface area contributed by atoms with Crippen LogP contribution in [0.25, 0.3) is 10.4 Å². The van der Waals surface area contributed by atoms with Gasteiger partial charge in [-0.25, -0.2) is 24.0 Å². The summed E-state index contributed by atoms with van der Waals surface area (Å²) in [5.74, 6) is 3.31. The molecule has 51 heavy (non-hydrogen) atoms. The molecule has 0 spiro atoms. The molecule has 0 bridgehead atoms. The number of aromatic nitrogens is 7. The van der Waals surface area contributed by atoms with Gasteiger partial charge in [-0.2, -0.15) is 0 Å². The number of nitrogen functional groups attached to an aromatic ring is 2. The van der Waals surface area contributed by atoms with Crippen LogP contribution in [0.4, 0.5) is 16.7 Å². The second kappa shape index (κ2) is 20.5. The van der Waals surface area contributed by atoms with E-state index >= 15 is 0 Å². The Morgan fingerprint density at radius 1 is 0.961 bits per heavy atom. The number of ether oxygens (including phenoxy) is 1. The molecule has 3 heterocycles. The number of carbonyl (C=O) groups is 3. The number of imidazole rings is 2. The van der Waals surface area contributed by atoms with Crippen molar-refractivity contribution in [2.75, 3.05) is 18.0 Å². The zero-order valence-electron chi connectivity index (χ0n) is 31.7. The number of aromatic amines is 1. The molecule has 16 nitrogen and oxygen atoms in total. The first-order chi connectivity index (χ1) is 23.6. The molecule has 0 radical (unpaired) electrons. The van der Waals surface area contributed by atoms with Crippen molar-refractivity contribution in [2.24, 2.45) is 15.9 Å². The molecule has 0 unspecified atom stereocenters. The molecule has 0 aliphatic rings. The van der Waals surface area contributed by atoms with E-state index in [4.69, 9.17) is 28.2 Å². The van der Waals surface area contributed by atoms with Crippen LogP contribution < -0.4 is 11.5 Å². The molecule has 5 N–H and O–H groups in total. The van der Waals surface area contributed by atoms with Crippen molar-refractivity contribution in [2.45, 2.75) is 126 Å². The van der Waals surface area contributed by atoms with E-state index in [0.29, 0.717) is 38.2 Å². The van der Waals surface area contributed by atoms with E-state index in [1.165, 1.54) is 4.57 Å². The summed E-state index contributed by atoms with van der Waals surface area (Å²) in [6.07, 6.45) is 15.7. The van der Waals surface area contributed by atoms with Gasteiger partial charge in [0.15, 0.2) is 11.7 Å². The first-order valence-electron chi connectivity index (χ1n) is 16.8. The summed E-state index contributed by atoms with van der Waals surface area (Å²) in [6.45, 7) is 17.8. The lowest BCUT2D eigenvalue weighted by molar-refractivity contribution is -0.121. The maximum Gasteiger partial charge on any atom is 0.421 e. The molecule has 3 aromatic heterocycles. The van der Waals surface area contributed by atoms with Gasteiger partial charge in [-0.15, -0.1) is 17.4 Å². The Bertz CT molecular complexity index is 1640. The van der Waals surface area contributed by atoms with Crippen molar-refractivity contribution in [3.63, 3.8) is 0 Å². The van der Waals surface area contributed by atoms with E-state index in [1.54, 1.807) is 37.8 Å². The van der Waals surface area contributed by atoms with Gasteiger partial charge in [-0.3, -0.25) is 9.59 Å². The molecule has 0 aliphatic carbocycles. The predicted molar refractivity (Wildman–Crippen MR) is 197 cm³/mol. The van der Waals surface area contributed by atoms with Gasteiger partial charge in [0.05, 0.1) is 24.1 Å². The molecular weight excluding hydrogens is 652 g/mol. The SMILES string of the molecule is C#CCCCc1cn(C(=O)OC(C)(C)C)c(N)n1.CC(C)(C)CC(=O)CN=[N+]=[N-].CC(C)(C)CC(=O)Cn1cc(CCCc2cnc(N)[nH]2)nn1. The molecule has 0 atom stereocenters. The number of H-pyrrole nitrogens is 1. The van der Waals surface area contributed by atoms with Crippen molar-refractivity contribution in [3.8, 4) is 12.3 Å². The monoisotopic (exact) mass is 708 g/mol. The lowest BCUT2D eigenvalue weighted by Gasteiger charge is -2.19. The molecule has 0 amide bonds. The fourth-order valence-electron chi connectivity index (χ4n) is 4.47. The van der Waals surface area contributed by atoms with Gasteiger partial charge in [-0.05, 0) is 69.2 Å². The van der Waals surface area contributed by atoms with E-state index in [9.17, 15) is 14.4 Å². The summed E-state index contributed by atoms with van der Waals surface area (Å²) in [4.78, 5) is 48.3. The number of terminal acetylenes is 1. The van der Waals surface area contributed by atoms with Gasteiger partial charge in [0.1, 0.15) is 17.9 Å². The van der Waals surface area contributed by atoms with E-state index in [0.717, 1.165) is 42.8 Å². The van der Waals surface area contributed by atoms with E-state index in [1.807, 2.05) is 27.0 Å². The molecule has 0 saturated carbocycles. The van der Waals surface area contributed by atoms with Crippen LogP contribution in [0.5, 0.6) is 0 Å². The number of nitrogens with zero attached hydrogens (tertiary/aromatic N) is 9. The second-order valence-electron chi connectivity index (χ2n) is 15.5. The van der Waals surface area contributed by atoms with E-state index in [2.05, 4.69) is 62.0 Å². The highest BCUT2D eigenvalue weighted by atomic mass is 16.6. The Morgan fingerprint density at radius 3 is 2.14 bits per heavy atom. The van der Waals surface area contributed by atoms with Crippen molar-refractivity contribution >= 4 is 29.6 Å². The van der Waals surface area contributed by atoms with Crippen molar-refractivity contribution in [3.05, 3.63) is 46.1 Å². The molecule has 3 rings (SSSR count). The average molecular weight is 709 g/mol. The highest BCUT2D eigenvalue weighted by molar-refractivity contribution is 5.81. The van der Waals surface area contributed by atoms with Crippen LogP contribution in [0.2, 0.25) is 0 Å². The number of nitrogens with one attached hydrogen (secondary N) is 1. The highest BCUT2D eigenvalue weighted by Crippen LogP contribution is 2.20. The van der Waals surface area contributed by atoms with Gasteiger partial charge in [0.2, 0.25) is 5.95 Å². The van der Waals surface area contributed by atoms with Crippen LogP contribution in [0.3, 0.4) is 0 Å². The van der Waals surface area contributed by atoms with Crippen LogP contribution >= 0.6 is 0 Å². The van der Waals surface area contributed by atoms with Gasteiger partial charge in [-0.1, -0.05) is 51.9 Å². The number of carbonyl (C=O) groups excluding carboxylic acids is 3. The van der Waals surface area contributed by atoms with Gasteiger partial charge >= 0.3 is 6.09 Å². The van der Waals surface area contributed by atoms with Crippen LogP contribution in [-0.2, 0) is 40.1 Å². The third-order valence-corrected chi connectivity index (χ3v) is 6.34. The normalized spacial score (nSPS) is 11.2. The Morgan fingerprint density at radius 2 is 1.59 bits per heavy atom. The summed E-state index contributed by atoms with van der Waals surface area (Å²) < 4.78 is 8.06. The molecule has 0 saturated heterocycles. The average Bonchev–Trinajstić information content (AvgIpc) is 3.70. The predicted octanol–water partition coefficient (Wildman–Crippen LogP) is 6.27. The number of nitrogens with two attached hydrogens (primary N) is 2. The third kappa shape index (κ3) is 20.8. The van der Waals surface area contributed by atoms with Gasteiger partial charge in [0, 0.05) is 42.3 Å². The molecular formula is C35H56N12O4. The minimum atomic E-state index is -0.558. The number of unbranched alkanes of at least 4 members (excludes halogenated alkanes) is 1. The quantitative estimate of drug-likeness (QED) is 0.0591. The second-order valence-corrected chi connectivity index (χ2v) is 15.5. The van der Waals surface area contributed by atoms with E-state index < -0.39 is 11.7 Å². The van der Waals surface area contributed by atoms with Crippen molar-refractivity contribution < 1.29 is 19.1 Å². The third-order valence-electron chi connectivity index (χ3n) is 6.34. The maximum atomic E-state index is 11.9. The topological polar surface area (TPSA) is 238 Å². The molecule has 16 heteroatoms. The first kappa shape index (κ1) is 43.9. The summed E-state index contributed by atoms with van der Waals surface area (Å²) in [5, 5.41) is 11.3. The standard InChI is InChI=1S/C15H24N6O.C13H19N3O2.C7H13N3O/c1-15(2,3)7-13(22)10-21-9-12(19-20-21)6-4-5-11-8-17-14(16)18-11;1-5-6-7-8-10-9-16(11(14)15-10)12(17)18-13(2,3)4;1-7(2,3)4-6(11)5-9-10-8/h8-9H,4-7,10H2,1-3H3,(H3,16,17,18);1,9H,6-8H2,2-4H3,(H2,14,15);4-5H2,1-3H3. The number of Topliss-reactive ketones (excluding diaryl/α,β-unsaturated/α-hetero) is 2. The van der Waals surface area contributed by atoms with Crippen molar-refractivity contribution in [1.29, 1.82) is 0 Å². The van der Waals surface area contributed by atoms with Crippen LogP contribution in [0.15, 0.2) is 23.7 Å². The number of hydrogen-bond donors (Lipinski definition) is 3. The molecule has 280 valence electrons. The van der Waals surface area contributed by atoms with Crippen LogP contribution in [-0.4, -0.2) is 64.3 Å². The number of anilines is 2. The Balaban J connectivity index is 0.000000405. The van der Waals surface area contributed by atoms with Crippen LogP contribution in [0.1, 0.15) is 111 Å². The zero-order valence-corrected chi connectivity index (χ0v) is 31.7. The summed E-state index contributed by atoms with van der Waals surface area (Å²) in [5.41, 5.74) is 21.2. The fraction of sp³-hybridized carbons (Fsp3) is 0.629. The Labute approximate surface area is 301 Å². The van der Waals surface area contributed by atoms with Crippen molar-refractivity contribution in [1.82, 2.24) is 34.5 Å².